The van der Waals surface area contributed by atoms with E-state index < -0.39 is 24.5 Å². The van der Waals surface area contributed by atoms with Gasteiger partial charge in [0.15, 0.2) is 0 Å². The molecule has 14 heavy (non-hydrogen) atoms. The summed E-state index contributed by atoms with van der Waals surface area (Å²) in [4.78, 5) is 0. The van der Waals surface area contributed by atoms with E-state index in [1.54, 1.807) is 0 Å². The van der Waals surface area contributed by atoms with Crippen molar-refractivity contribution in [2.45, 2.75) is 18.8 Å². The van der Waals surface area contributed by atoms with E-state index in [2.05, 4.69) is 5.10 Å². The van der Waals surface area contributed by atoms with Gasteiger partial charge in [-0.15, -0.1) is 0 Å². The van der Waals surface area contributed by atoms with Gasteiger partial charge in [0.25, 0.3) is 0 Å². The van der Waals surface area contributed by atoms with Crippen LogP contribution in [0.3, 0.4) is 0 Å². The van der Waals surface area contributed by atoms with Crippen LogP contribution in [0.1, 0.15) is 5.69 Å². The Morgan fingerprint density at radius 3 is 2.21 bits per heavy atom. The van der Waals surface area contributed by atoms with E-state index in [-0.39, 0.29) is 0 Å². The Bertz CT molecular complexity index is 318. The van der Waals surface area contributed by atoms with E-state index in [1.165, 1.54) is 0 Å². The van der Waals surface area contributed by atoms with Crippen molar-refractivity contribution >= 4 is 0 Å². The number of hydrogen-bond donors (Lipinski definition) is 1. The van der Waals surface area contributed by atoms with Crippen LogP contribution in [0.15, 0.2) is 12.3 Å². The van der Waals surface area contributed by atoms with E-state index in [1.807, 2.05) is 0 Å². The van der Waals surface area contributed by atoms with Gasteiger partial charge in [0, 0.05) is 6.20 Å². The smallest absolute Gasteiger partial charge is 0.374 e. The fourth-order valence-electron chi connectivity index (χ4n) is 0.753. The van der Waals surface area contributed by atoms with Crippen molar-refractivity contribution in [3.8, 4) is 0 Å². The van der Waals surface area contributed by atoms with E-state index in [0.29, 0.717) is 10.7 Å². The lowest BCUT2D eigenvalue weighted by Crippen LogP contribution is -2.34. The average molecular weight is 216 g/mol. The molecular formula is C6H5F5N2O. The Kier molecular flexibility index (Phi) is 2.49. The lowest BCUT2D eigenvalue weighted by atomic mass is 10.2. The Labute approximate surface area is 74.8 Å². The van der Waals surface area contributed by atoms with Gasteiger partial charge in [-0.2, -0.15) is 27.1 Å². The zero-order chi connectivity index (χ0) is 11.0. The van der Waals surface area contributed by atoms with Crippen LogP contribution in [-0.4, -0.2) is 21.1 Å². The Balaban J connectivity index is 3.04. The van der Waals surface area contributed by atoms with Crippen LogP contribution >= 0.6 is 0 Å². The van der Waals surface area contributed by atoms with Crippen molar-refractivity contribution in [3.63, 3.8) is 0 Å². The molecule has 0 aliphatic rings. The molecule has 0 radical (unpaired) electrons. The van der Waals surface area contributed by atoms with Crippen molar-refractivity contribution in [1.82, 2.24) is 9.78 Å². The highest BCUT2D eigenvalue weighted by molar-refractivity contribution is 5.09. The molecular weight excluding hydrogens is 211 g/mol. The highest BCUT2D eigenvalue weighted by Crippen LogP contribution is 2.42. The minimum absolute atomic E-state index is 0.504. The fraction of sp³-hybridized carbons (Fsp3) is 0.500. The van der Waals surface area contributed by atoms with Crippen LogP contribution in [0.5, 0.6) is 0 Å². The number of rotatable bonds is 2. The molecule has 0 bridgehead atoms. The number of aliphatic hydroxyl groups excluding tert-OH is 1. The highest BCUT2D eigenvalue weighted by Gasteiger charge is 2.60. The largest absolute Gasteiger partial charge is 0.459 e. The number of hydrogen-bond acceptors (Lipinski definition) is 2. The van der Waals surface area contributed by atoms with Crippen LogP contribution in [-0.2, 0) is 12.7 Å². The maximum absolute atomic E-state index is 12.5. The molecule has 3 nitrogen and oxygen atoms in total. The summed E-state index contributed by atoms with van der Waals surface area (Å²) in [7, 11) is 0. The zero-order valence-corrected chi connectivity index (χ0v) is 6.59. The first-order valence-corrected chi connectivity index (χ1v) is 3.38. The van der Waals surface area contributed by atoms with E-state index >= 15 is 0 Å². The predicted molar refractivity (Wildman–Crippen MR) is 34.4 cm³/mol. The third kappa shape index (κ3) is 1.69. The molecule has 0 fully saturated rings. The molecule has 0 unspecified atom stereocenters. The lowest BCUT2D eigenvalue weighted by Gasteiger charge is -2.16. The molecule has 1 aromatic heterocycles. The number of aromatic nitrogens is 2. The first kappa shape index (κ1) is 10.9. The fourth-order valence-corrected chi connectivity index (χ4v) is 0.753. The summed E-state index contributed by atoms with van der Waals surface area (Å²) in [6.07, 6.45) is -4.85. The quantitative estimate of drug-likeness (QED) is 0.760. The summed E-state index contributed by atoms with van der Waals surface area (Å²) in [5.41, 5.74) is -1.43. The highest BCUT2D eigenvalue weighted by atomic mass is 19.4. The molecule has 80 valence electrons. The molecule has 0 saturated carbocycles. The summed E-state index contributed by atoms with van der Waals surface area (Å²) < 4.78 is 60.9. The van der Waals surface area contributed by atoms with Gasteiger partial charge < -0.3 is 5.11 Å². The van der Waals surface area contributed by atoms with Crippen molar-refractivity contribution in [2.75, 3.05) is 0 Å². The molecule has 0 spiro atoms. The first-order chi connectivity index (χ1) is 6.29. The normalized spacial score (nSPS) is 13.3. The molecule has 1 rings (SSSR count). The molecule has 0 aliphatic carbocycles. The molecule has 0 atom stereocenters. The summed E-state index contributed by atoms with van der Waals surface area (Å²) in [5, 5.41) is 11.3. The number of alkyl halides is 5. The van der Waals surface area contributed by atoms with Crippen molar-refractivity contribution in [2.24, 2.45) is 0 Å². The number of halogens is 5. The van der Waals surface area contributed by atoms with Gasteiger partial charge in [-0.3, -0.25) is 0 Å². The second-order valence-electron chi connectivity index (χ2n) is 2.45. The molecule has 0 saturated heterocycles. The summed E-state index contributed by atoms with van der Waals surface area (Å²) in [6.45, 7) is -0.756. The summed E-state index contributed by atoms with van der Waals surface area (Å²) in [6, 6.07) is 0.504. The lowest BCUT2D eigenvalue weighted by molar-refractivity contribution is -0.291. The van der Waals surface area contributed by atoms with E-state index in [4.69, 9.17) is 5.11 Å². The molecule has 0 aliphatic heterocycles. The van der Waals surface area contributed by atoms with Crippen molar-refractivity contribution in [1.29, 1.82) is 0 Å². The van der Waals surface area contributed by atoms with Crippen LogP contribution in [0.4, 0.5) is 22.0 Å². The molecule has 1 N–H and O–H groups in total. The van der Waals surface area contributed by atoms with Gasteiger partial charge >= 0.3 is 12.1 Å². The van der Waals surface area contributed by atoms with Crippen LogP contribution in [0, 0.1) is 0 Å². The Morgan fingerprint density at radius 2 is 1.86 bits per heavy atom. The van der Waals surface area contributed by atoms with Crippen LogP contribution in [0.25, 0.3) is 0 Å². The molecule has 1 aromatic rings. The first-order valence-electron chi connectivity index (χ1n) is 3.38. The number of nitrogens with zero attached hydrogens (tertiary/aromatic N) is 2. The Hall–Kier alpha value is -1.18. The third-order valence-electron chi connectivity index (χ3n) is 1.46. The third-order valence-corrected chi connectivity index (χ3v) is 1.46. The van der Waals surface area contributed by atoms with Gasteiger partial charge in [-0.1, -0.05) is 0 Å². The van der Waals surface area contributed by atoms with Gasteiger partial charge in [0.2, 0.25) is 0 Å². The van der Waals surface area contributed by atoms with E-state index in [9.17, 15) is 22.0 Å². The second kappa shape index (κ2) is 3.19. The SMILES string of the molecule is OCn1ccc(C(F)(F)C(F)(F)F)n1. The Morgan fingerprint density at radius 1 is 1.29 bits per heavy atom. The summed E-state index contributed by atoms with van der Waals surface area (Å²) >= 11 is 0. The minimum Gasteiger partial charge on any atom is -0.374 e. The average Bonchev–Trinajstić information content (AvgIpc) is 2.49. The number of aliphatic hydroxyl groups is 1. The van der Waals surface area contributed by atoms with Crippen molar-refractivity contribution in [3.05, 3.63) is 18.0 Å². The van der Waals surface area contributed by atoms with Gasteiger partial charge in [0.05, 0.1) is 0 Å². The molecule has 0 aromatic carbocycles. The van der Waals surface area contributed by atoms with Gasteiger partial charge in [-0.25, -0.2) is 4.68 Å². The van der Waals surface area contributed by atoms with Gasteiger partial charge in [0.1, 0.15) is 12.4 Å². The minimum atomic E-state index is -5.68. The van der Waals surface area contributed by atoms with Crippen molar-refractivity contribution < 1.29 is 27.1 Å². The van der Waals surface area contributed by atoms with E-state index in [0.717, 1.165) is 6.20 Å². The van der Waals surface area contributed by atoms with Crippen LogP contribution in [0.2, 0.25) is 0 Å². The maximum atomic E-state index is 12.5. The molecule has 0 amide bonds. The molecule has 8 heteroatoms. The summed E-state index contributed by atoms with van der Waals surface area (Å²) in [5.74, 6) is -4.99. The predicted octanol–water partition coefficient (Wildman–Crippen LogP) is 1.49. The maximum Gasteiger partial charge on any atom is 0.459 e. The molecule has 1 heterocycles. The van der Waals surface area contributed by atoms with Gasteiger partial charge in [-0.05, 0) is 6.07 Å². The second-order valence-corrected chi connectivity index (χ2v) is 2.45. The topological polar surface area (TPSA) is 38.0 Å². The zero-order valence-electron chi connectivity index (χ0n) is 6.59. The van der Waals surface area contributed by atoms with Crippen LogP contribution < -0.4 is 0 Å². The monoisotopic (exact) mass is 216 g/mol. The standard InChI is InChI=1S/C6H5F5N2O/c7-5(8,6(9,10)11)4-1-2-13(3-14)12-4/h1-2,14H,3H2.